The number of nitrogens with zero attached hydrogens (tertiary/aromatic N) is 4. The summed E-state index contributed by atoms with van der Waals surface area (Å²) in [6.07, 6.45) is 2.86. The van der Waals surface area contributed by atoms with Crippen LogP contribution in [0.2, 0.25) is 0 Å². The van der Waals surface area contributed by atoms with Crippen LogP contribution >= 0.6 is 0 Å². The van der Waals surface area contributed by atoms with Crippen molar-refractivity contribution in [3.63, 3.8) is 0 Å². The van der Waals surface area contributed by atoms with E-state index in [1.807, 2.05) is 48.5 Å². The molecule has 1 aliphatic rings. The molecule has 1 aromatic carbocycles. The average Bonchev–Trinajstić information content (AvgIpc) is 2.81. The number of pyridine rings is 1. The highest BCUT2D eigenvalue weighted by Crippen LogP contribution is 2.37. The summed E-state index contributed by atoms with van der Waals surface area (Å²) in [6.45, 7) is 0. The summed E-state index contributed by atoms with van der Waals surface area (Å²) >= 11 is 0. The van der Waals surface area contributed by atoms with Gasteiger partial charge in [0.15, 0.2) is 5.69 Å². The Morgan fingerprint density at radius 3 is 2.52 bits per heavy atom. The molecule has 3 heterocycles. The summed E-state index contributed by atoms with van der Waals surface area (Å²) in [7, 11) is 4.29. The second-order valence-corrected chi connectivity index (χ2v) is 6.65. The lowest BCUT2D eigenvalue weighted by Gasteiger charge is -2.29. The van der Waals surface area contributed by atoms with Gasteiger partial charge in [0.2, 0.25) is 0 Å². The lowest BCUT2D eigenvalue weighted by Crippen LogP contribution is -2.41. The Kier molecular flexibility index (Phi) is 5.31. The van der Waals surface area contributed by atoms with Gasteiger partial charge in [0.05, 0.1) is 31.1 Å². The molecule has 0 amide bonds. The topological polar surface area (TPSA) is 97.8 Å². The first-order chi connectivity index (χ1) is 15.0. The van der Waals surface area contributed by atoms with Crippen LogP contribution in [0, 0.1) is 0 Å². The van der Waals surface area contributed by atoms with Crippen LogP contribution in [0.3, 0.4) is 0 Å². The fourth-order valence-corrected chi connectivity index (χ4v) is 3.30. The van der Waals surface area contributed by atoms with Gasteiger partial charge in [-0.1, -0.05) is 41.5 Å². The number of fused-ring (bicyclic) bond motifs is 2. The van der Waals surface area contributed by atoms with Crippen molar-refractivity contribution >= 4 is 34.7 Å². The van der Waals surface area contributed by atoms with Crippen molar-refractivity contribution in [3.8, 4) is 0 Å². The van der Waals surface area contributed by atoms with Crippen molar-refractivity contribution in [1.29, 1.82) is 0 Å². The summed E-state index contributed by atoms with van der Waals surface area (Å²) in [5.41, 5.74) is 6.02. The van der Waals surface area contributed by atoms with E-state index in [1.54, 1.807) is 22.8 Å². The number of hydrogen-bond donors (Lipinski definition) is 1. The maximum Gasteiger partial charge on any atom is 0.350 e. The molecule has 3 aromatic rings. The van der Waals surface area contributed by atoms with Crippen molar-refractivity contribution in [1.82, 2.24) is 15.5 Å². The highest BCUT2D eigenvalue weighted by molar-refractivity contribution is 6.17. The van der Waals surface area contributed by atoms with Gasteiger partial charge in [-0.05, 0) is 11.1 Å². The minimum Gasteiger partial charge on any atom is -0.466 e. The summed E-state index contributed by atoms with van der Waals surface area (Å²) in [5.74, 6) is -0.908. The van der Waals surface area contributed by atoms with E-state index in [-0.39, 0.29) is 5.57 Å². The molecule has 0 unspecified atom stereocenters. The molecule has 0 atom stereocenters. The maximum absolute atomic E-state index is 12.8. The molecule has 0 fully saturated rings. The van der Waals surface area contributed by atoms with Crippen molar-refractivity contribution in [2.75, 3.05) is 26.3 Å². The average molecular weight is 418 g/mol. The molecule has 0 radical (unpaired) electrons. The summed E-state index contributed by atoms with van der Waals surface area (Å²) < 4.78 is 11.4. The van der Waals surface area contributed by atoms with E-state index in [0.29, 0.717) is 28.4 Å². The van der Waals surface area contributed by atoms with E-state index in [2.05, 4.69) is 10.4 Å². The largest absolute Gasteiger partial charge is 0.466 e. The molecule has 0 saturated heterocycles. The third-order valence-corrected chi connectivity index (χ3v) is 4.74. The van der Waals surface area contributed by atoms with Gasteiger partial charge in [-0.25, -0.2) is 9.59 Å². The molecule has 156 valence electrons. The van der Waals surface area contributed by atoms with Crippen LogP contribution in [-0.2, 0) is 19.1 Å². The highest BCUT2D eigenvalue weighted by atomic mass is 16.5. The number of anilines is 1. The van der Waals surface area contributed by atoms with E-state index in [4.69, 9.17) is 14.6 Å². The molecule has 4 rings (SSSR count). The van der Waals surface area contributed by atoms with Gasteiger partial charge in [0.1, 0.15) is 6.20 Å². The molecule has 9 heteroatoms. The number of hydrogen-bond acceptors (Lipinski definition) is 8. The van der Waals surface area contributed by atoms with Crippen LogP contribution in [0.25, 0.3) is 16.9 Å². The Bertz CT molecular complexity index is 1240. The monoisotopic (exact) mass is 418 g/mol. The normalized spacial score (nSPS) is 13.5. The van der Waals surface area contributed by atoms with E-state index in [1.165, 1.54) is 14.2 Å². The van der Waals surface area contributed by atoms with E-state index in [9.17, 15) is 9.59 Å². The quantitative estimate of drug-likeness (QED) is 0.385. The van der Waals surface area contributed by atoms with Gasteiger partial charge < -0.3 is 9.47 Å². The fraction of sp³-hybridized carbons (Fsp3) is 0.136. The Morgan fingerprint density at radius 1 is 1.06 bits per heavy atom. The van der Waals surface area contributed by atoms with E-state index < -0.39 is 11.9 Å². The standard InChI is InChI=1S/C22H19N5O4/c1-26-21-20(25-27-12-8-7-11-16(27)23-21)18(15(22(29)31-3)13-17(28)30-2)19(24-26)14-9-5-4-6-10-14/h4-13H,1-3H3/p+1. The lowest BCUT2D eigenvalue weighted by molar-refractivity contribution is -0.583. The molecule has 0 bridgehead atoms. The SMILES string of the molecule is COC(=O)C=C(C(=O)OC)C1=C(c2ccccc2)NN(C)c2nc3cccc[n+]3nc21. The molecule has 0 aliphatic carbocycles. The predicted molar refractivity (Wildman–Crippen MR) is 112 cm³/mol. The van der Waals surface area contributed by atoms with Crippen molar-refractivity contribution in [2.45, 2.75) is 0 Å². The zero-order valence-corrected chi connectivity index (χ0v) is 17.2. The molecule has 2 aromatic heterocycles. The van der Waals surface area contributed by atoms with Crippen LogP contribution in [-0.4, -0.2) is 43.3 Å². The highest BCUT2D eigenvalue weighted by Gasteiger charge is 2.36. The molecule has 0 spiro atoms. The number of esters is 2. The number of methoxy groups -OCH3 is 2. The summed E-state index contributed by atoms with van der Waals surface area (Å²) in [6, 6.07) is 14.9. The van der Waals surface area contributed by atoms with Crippen molar-refractivity contribution in [2.24, 2.45) is 0 Å². The number of nitrogens with one attached hydrogen (secondary N) is 1. The number of aromatic nitrogens is 3. The molecule has 31 heavy (non-hydrogen) atoms. The molecular weight excluding hydrogens is 398 g/mol. The Hall–Kier alpha value is -4.27. The maximum atomic E-state index is 12.8. The molecule has 0 saturated carbocycles. The number of carbonyl (C=O) groups is 2. The molecule has 1 aliphatic heterocycles. The van der Waals surface area contributed by atoms with Crippen molar-refractivity contribution in [3.05, 3.63) is 77.6 Å². The van der Waals surface area contributed by atoms with Crippen LogP contribution in [0.15, 0.2) is 66.4 Å². The minimum atomic E-state index is -0.703. The second kappa shape index (κ2) is 8.23. The van der Waals surface area contributed by atoms with Gasteiger partial charge in [-0.2, -0.15) is 0 Å². The van der Waals surface area contributed by atoms with E-state index >= 15 is 0 Å². The first-order valence-electron chi connectivity index (χ1n) is 9.41. The second-order valence-electron chi connectivity index (χ2n) is 6.65. The van der Waals surface area contributed by atoms with Gasteiger partial charge >= 0.3 is 17.6 Å². The first-order valence-corrected chi connectivity index (χ1v) is 9.41. The first kappa shape index (κ1) is 20.0. The molecule has 1 N–H and O–H groups in total. The minimum absolute atomic E-state index is 0.000217. The van der Waals surface area contributed by atoms with Crippen LogP contribution in [0.1, 0.15) is 11.3 Å². The van der Waals surface area contributed by atoms with Crippen LogP contribution in [0.5, 0.6) is 0 Å². The Labute approximate surface area is 178 Å². The fourth-order valence-electron chi connectivity index (χ4n) is 3.30. The van der Waals surface area contributed by atoms with Crippen LogP contribution < -0.4 is 15.0 Å². The van der Waals surface area contributed by atoms with Gasteiger partial charge in [0.25, 0.3) is 5.82 Å². The smallest absolute Gasteiger partial charge is 0.350 e. The number of benzene rings is 1. The van der Waals surface area contributed by atoms with Crippen LogP contribution in [0.4, 0.5) is 5.82 Å². The zero-order valence-electron chi connectivity index (χ0n) is 17.2. The van der Waals surface area contributed by atoms with E-state index in [0.717, 1.165) is 11.6 Å². The Balaban J connectivity index is 2.09. The third-order valence-electron chi connectivity index (χ3n) is 4.74. The predicted octanol–water partition coefficient (Wildman–Crippen LogP) is 1.31. The Morgan fingerprint density at radius 2 is 1.81 bits per heavy atom. The summed E-state index contributed by atoms with van der Waals surface area (Å²) in [4.78, 5) is 29.6. The lowest BCUT2D eigenvalue weighted by atomic mass is 9.94. The third kappa shape index (κ3) is 3.68. The van der Waals surface area contributed by atoms with Crippen molar-refractivity contribution < 1.29 is 23.6 Å². The van der Waals surface area contributed by atoms with Gasteiger partial charge in [-0.15, -0.1) is 4.52 Å². The number of ether oxygens (including phenoxy) is 2. The van der Waals surface area contributed by atoms with Gasteiger partial charge in [0, 0.05) is 24.8 Å². The number of carbonyl (C=O) groups excluding carboxylic acids is 2. The molecule has 9 nitrogen and oxygen atoms in total. The number of hydrazine groups is 1. The number of rotatable bonds is 4. The summed E-state index contributed by atoms with van der Waals surface area (Å²) in [5, 5.41) is 6.42. The zero-order chi connectivity index (χ0) is 22.0. The van der Waals surface area contributed by atoms with Gasteiger partial charge in [-0.3, -0.25) is 10.4 Å². The molecular formula is C22H20N5O4+.